The first-order valence-electron chi connectivity index (χ1n) is 8.25. The summed E-state index contributed by atoms with van der Waals surface area (Å²) in [6, 6.07) is 4.12. The molecule has 0 aromatic heterocycles. The van der Waals surface area contributed by atoms with Gasteiger partial charge in [0.05, 0.1) is 26.4 Å². The molecule has 1 aromatic carbocycles. The van der Waals surface area contributed by atoms with Gasteiger partial charge < -0.3 is 24.8 Å². The average Bonchev–Trinajstić information content (AvgIpc) is 2.92. The number of aliphatic imine (C=N–C) groups is 1. The fraction of sp³-hybridized carbons (Fsp3) is 0.588. The molecule has 6 heteroatoms. The Balaban J connectivity index is 1.77. The van der Waals surface area contributed by atoms with E-state index in [9.17, 15) is 0 Å². The van der Waals surface area contributed by atoms with Crippen molar-refractivity contribution in [1.82, 2.24) is 4.90 Å². The number of fused-ring (bicyclic) bond motifs is 1. The summed E-state index contributed by atoms with van der Waals surface area (Å²) >= 11 is 0. The molecule has 23 heavy (non-hydrogen) atoms. The number of nitrogens with two attached hydrogens (primary N) is 1. The summed E-state index contributed by atoms with van der Waals surface area (Å²) in [6.45, 7) is 8.16. The van der Waals surface area contributed by atoms with Gasteiger partial charge in [-0.25, -0.2) is 4.99 Å². The van der Waals surface area contributed by atoms with Crippen LogP contribution < -0.4 is 15.2 Å². The lowest BCUT2D eigenvalue weighted by atomic mass is 10.1. The molecule has 0 aliphatic carbocycles. The van der Waals surface area contributed by atoms with Crippen LogP contribution in [0.25, 0.3) is 0 Å². The third-order valence-corrected chi connectivity index (χ3v) is 4.13. The Morgan fingerprint density at radius 1 is 1.39 bits per heavy atom. The van der Waals surface area contributed by atoms with E-state index >= 15 is 0 Å². The molecule has 2 N–H and O–H groups in total. The van der Waals surface area contributed by atoms with Crippen molar-refractivity contribution in [3.05, 3.63) is 23.3 Å². The number of guanidine groups is 1. The van der Waals surface area contributed by atoms with E-state index in [1.54, 1.807) is 0 Å². The second-order valence-electron chi connectivity index (χ2n) is 5.91. The zero-order chi connectivity index (χ0) is 16.2. The number of hydrogen-bond acceptors (Lipinski definition) is 4. The molecule has 3 rings (SSSR count). The van der Waals surface area contributed by atoms with Gasteiger partial charge >= 0.3 is 0 Å². The molecule has 1 atom stereocenters. The van der Waals surface area contributed by atoms with Crippen LogP contribution in [0.4, 0.5) is 0 Å². The zero-order valence-electron chi connectivity index (χ0n) is 13.9. The molecule has 1 aromatic rings. The maximum absolute atomic E-state index is 6.10. The van der Waals surface area contributed by atoms with Gasteiger partial charge in [0.25, 0.3) is 0 Å². The first-order valence-corrected chi connectivity index (χ1v) is 8.25. The van der Waals surface area contributed by atoms with Gasteiger partial charge in [0.2, 0.25) is 0 Å². The van der Waals surface area contributed by atoms with Crippen LogP contribution in [0.5, 0.6) is 11.5 Å². The summed E-state index contributed by atoms with van der Waals surface area (Å²) in [5.41, 5.74) is 8.32. The smallest absolute Gasteiger partial charge is 0.191 e. The molecular formula is C17H25N3O3. The second-order valence-corrected chi connectivity index (χ2v) is 5.91. The van der Waals surface area contributed by atoms with Crippen LogP contribution in [0, 0.1) is 0 Å². The maximum Gasteiger partial charge on any atom is 0.191 e. The van der Waals surface area contributed by atoms with Gasteiger partial charge in [-0.15, -0.1) is 0 Å². The molecule has 1 fully saturated rings. The number of benzene rings is 1. The summed E-state index contributed by atoms with van der Waals surface area (Å²) in [6.07, 6.45) is 1.14. The molecule has 2 aliphatic heterocycles. The fourth-order valence-electron chi connectivity index (χ4n) is 2.95. The van der Waals surface area contributed by atoms with Crippen LogP contribution in [0.15, 0.2) is 17.1 Å². The number of hydrogen-bond donors (Lipinski definition) is 1. The second kappa shape index (κ2) is 7.08. The van der Waals surface area contributed by atoms with Crippen molar-refractivity contribution in [2.45, 2.75) is 32.9 Å². The molecule has 0 saturated carbocycles. The highest BCUT2D eigenvalue weighted by Crippen LogP contribution is 2.35. The van der Waals surface area contributed by atoms with Crippen molar-refractivity contribution in [2.24, 2.45) is 10.7 Å². The topological polar surface area (TPSA) is 69.3 Å². The first kappa shape index (κ1) is 15.9. The largest absolute Gasteiger partial charge is 0.494 e. The van der Waals surface area contributed by atoms with E-state index in [2.05, 4.69) is 22.9 Å². The van der Waals surface area contributed by atoms with Crippen LogP contribution in [-0.4, -0.2) is 49.9 Å². The molecule has 0 spiro atoms. The van der Waals surface area contributed by atoms with Crippen molar-refractivity contribution in [3.63, 3.8) is 0 Å². The third-order valence-electron chi connectivity index (χ3n) is 4.13. The van der Waals surface area contributed by atoms with E-state index in [-0.39, 0.29) is 6.10 Å². The van der Waals surface area contributed by atoms with Gasteiger partial charge in [-0.3, -0.25) is 0 Å². The molecule has 0 radical (unpaired) electrons. The minimum atomic E-state index is 0.219. The predicted octanol–water partition coefficient (Wildman–Crippen LogP) is 1.56. The van der Waals surface area contributed by atoms with E-state index in [4.69, 9.17) is 19.9 Å². The highest BCUT2D eigenvalue weighted by atomic mass is 16.5. The van der Waals surface area contributed by atoms with E-state index < -0.39 is 0 Å². The summed E-state index contributed by atoms with van der Waals surface area (Å²) in [5, 5.41) is 0. The summed E-state index contributed by atoms with van der Waals surface area (Å²) in [5.74, 6) is 2.38. The van der Waals surface area contributed by atoms with Gasteiger partial charge in [-0.1, -0.05) is 0 Å². The Labute approximate surface area is 137 Å². The molecule has 0 amide bonds. The van der Waals surface area contributed by atoms with Crippen LogP contribution >= 0.6 is 0 Å². The lowest BCUT2D eigenvalue weighted by Gasteiger charge is -2.27. The summed E-state index contributed by atoms with van der Waals surface area (Å²) < 4.78 is 17.0. The van der Waals surface area contributed by atoms with Crippen LogP contribution in [0.1, 0.15) is 25.0 Å². The zero-order valence-corrected chi connectivity index (χ0v) is 13.9. The van der Waals surface area contributed by atoms with E-state index in [0.29, 0.717) is 32.3 Å². The first-order chi connectivity index (χ1) is 11.2. The standard InChI is InChI=1S/C17H25N3O3/c1-3-22-15-9-13-8-12(2)23-16(13)10-14(15)11-19-17(18)20-4-6-21-7-5-20/h9-10,12H,3-8,11H2,1-2H3,(H2,18,19). The van der Waals surface area contributed by atoms with Gasteiger partial charge in [-0.2, -0.15) is 0 Å². The Kier molecular flexibility index (Phi) is 4.91. The lowest BCUT2D eigenvalue weighted by Crippen LogP contribution is -2.44. The van der Waals surface area contributed by atoms with E-state index in [1.165, 1.54) is 5.56 Å². The fourth-order valence-corrected chi connectivity index (χ4v) is 2.95. The summed E-state index contributed by atoms with van der Waals surface area (Å²) in [7, 11) is 0. The van der Waals surface area contributed by atoms with Crippen molar-refractivity contribution >= 4 is 5.96 Å². The quantitative estimate of drug-likeness (QED) is 0.674. The van der Waals surface area contributed by atoms with Crippen LogP contribution in [0.3, 0.4) is 0 Å². The van der Waals surface area contributed by atoms with Crippen molar-refractivity contribution in [2.75, 3.05) is 32.9 Å². The predicted molar refractivity (Wildman–Crippen MR) is 89.1 cm³/mol. The molecule has 2 aliphatic rings. The lowest BCUT2D eigenvalue weighted by molar-refractivity contribution is 0.0674. The highest BCUT2D eigenvalue weighted by Gasteiger charge is 2.22. The normalized spacial score (nSPS) is 21.0. The van der Waals surface area contributed by atoms with Gasteiger partial charge in [0.1, 0.15) is 17.6 Å². The molecule has 6 nitrogen and oxygen atoms in total. The molecular weight excluding hydrogens is 294 g/mol. The van der Waals surface area contributed by atoms with Gasteiger partial charge in [0, 0.05) is 30.6 Å². The number of rotatable bonds is 4. The molecule has 126 valence electrons. The number of ether oxygens (including phenoxy) is 3. The molecule has 1 unspecified atom stereocenters. The molecule has 2 heterocycles. The Bertz CT molecular complexity index is 583. The monoisotopic (exact) mass is 319 g/mol. The number of nitrogens with zero attached hydrogens (tertiary/aromatic N) is 2. The number of morpholine rings is 1. The Morgan fingerprint density at radius 2 is 2.17 bits per heavy atom. The van der Waals surface area contributed by atoms with E-state index in [0.717, 1.165) is 36.6 Å². The molecule has 0 bridgehead atoms. The van der Waals surface area contributed by atoms with Crippen LogP contribution in [-0.2, 0) is 17.7 Å². The minimum Gasteiger partial charge on any atom is -0.494 e. The summed E-state index contributed by atoms with van der Waals surface area (Å²) in [4.78, 5) is 6.59. The van der Waals surface area contributed by atoms with Crippen molar-refractivity contribution in [1.29, 1.82) is 0 Å². The SMILES string of the molecule is CCOc1cc2c(cc1CN=C(N)N1CCOCC1)OC(C)C2. The Morgan fingerprint density at radius 3 is 2.91 bits per heavy atom. The third kappa shape index (κ3) is 3.69. The van der Waals surface area contributed by atoms with Gasteiger partial charge in [0.15, 0.2) is 5.96 Å². The highest BCUT2D eigenvalue weighted by molar-refractivity contribution is 5.78. The van der Waals surface area contributed by atoms with Crippen molar-refractivity contribution < 1.29 is 14.2 Å². The average molecular weight is 319 g/mol. The molecule has 1 saturated heterocycles. The minimum absolute atomic E-state index is 0.219. The van der Waals surface area contributed by atoms with E-state index in [1.807, 2.05) is 13.0 Å². The van der Waals surface area contributed by atoms with Crippen molar-refractivity contribution in [3.8, 4) is 11.5 Å². The van der Waals surface area contributed by atoms with Crippen LogP contribution in [0.2, 0.25) is 0 Å². The maximum atomic E-state index is 6.10. The van der Waals surface area contributed by atoms with Gasteiger partial charge in [-0.05, 0) is 26.0 Å². The Hall–Kier alpha value is -1.95.